The Morgan fingerprint density at radius 3 is 2.54 bits per heavy atom. The van der Waals surface area contributed by atoms with Gasteiger partial charge in [0.15, 0.2) is 0 Å². The van der Waals surface area contributed by atoms with Crippen LogP contribution in [-0.2, 0) is 0 Å². The molecule has 0 spiro atoms. The van der Waals surface area contributed by atoms with Crippen molar-refractivity contribution >= 4 is 17.5 Å². The molecule has 3 aromatic heterocycles. The molecule has 0 atom stereocenters. The highest BCUT2D eigenvalue weighted by molar-refractivity contribution is 6.31. The molecule has 1 aliphatic rings. The zero-order valence-corrected chi connectivity index (χ0v) is 15.6. The Balaban J connectivity index is 1.54. The van der Waals surface area contributed by atoms with Crippen molar-refractivity contribution in [2.45, 2.75) is 18.8 Å². The number of hydrogen-bond acceptors (Lipinski definition) is 6. The Morgan fingerprint density at radius 1 is 1.11 bits per heavy atom. The molecule has 1 amide bonds. The molecule has 3 aromatic rings. The zero-order chi connectivity index (χ0) is 19.5. The van der Waals surface area contributed by atoms with E-state index in [1.807, 2.05) is 0 Å². The van der Waals surface area contributed by atoms with Crippen molar-refractivity contribution in [3.63, 3.8) is 0 Å². The van der Waals surface area contributed by atoms with Gasteiger partial charge in [-0.3, -0.25) is 14.6 Å². The second kappa shape index (κ2) is 7.85. The smallest absolute Gasteiger partial charge is 0.270 e. The number of pyridine rings is 1. The number of piperidine rings is 1. The SMILES string of the molecule is O=C(c1ccnnc1)N1CCC(c2nc(-c3ccncc3)[nH]c(=O)c2Cl)CC1. The average molecular weight is 397 g/mol. The maximum atomic E-state index is 12.6. The van der Waals surface area contributed by atoms with Crippen LogP contribution in [0.25, 0.3) is 11.4 Å². The molecule has 1 aliphatic heterocycles. The highest BCUT2D eigenvalue weighted by Crippen LogP contribution is 2.31. The lowest BCUT2D eigenvalue weighted by Gasteiger charge is -2.32. The molecule has 9 heteroatoms. The third kappa shape index (κ3) is 3.63. The van der Waals surface area contributed by atoms with Gasteiger partial charge >= 0.3 is 0 Å². The van der Waals surface area contributed by atoms with Crippen LogP contribution >= 0.6 is 11.6 Å². The van der Waals surface area contributed by atoms with Gasteiger partial charge in [-0.1, -0.05) is 11.6 Å². The van der Waals surface area contributed by atoms with E-state index in [4.69, 9.17) is 11.6 Å². The number of rotatable bonds is 3. The van der Waals surface area contributed by atoms with Gasteiger partial charge in [0, 0.05) is 37.0 Å². The van der Waals surface area contributed by atoms with Crippen LogP contribution in [0.2, 0.25) is 5.02 Å². The fraction of sp³-hybridized carbons (Fsp3) is 0.263. The highest BCUT2D eigenvalue weighted by atomic mass is 35.5. The highest BCUT2D eigenvalue weighted by Gasteiger charge is 2.28. The van der Waals surface area contributed by atoms with Crippen LogP contribution in [0.5, 0.6) is 0 Å². The molecule has 142 valence electrons. The van der Waals surface area contributed by atoms with Gasteiger partial charge in [-0.05, 0) is 31.0 Å². The van der Waals surface area contributed by atoms with Gasteiger partial charge in [-0.25, -0.2) is 4.98 Å². The number of carbonyl (C=O) groups excluding carboxylic acids is 1. The van der Waals surface area contributed by atoms with E-state index in [0.29, 0.717) is 43.0 Å². The van der Waals surface area contributed by atoms with Crippen LogP contribution in [0.4, 0.5) is 0 Å². The van der Waals surface area contributed by atoms with E-state index in [1.165, 1.54) is 12.4 Å². The maximum Gasteiger partial charge on any atom is 0.270 e. The van der Waals surface area contributed by atoms with Crippen molar-refractivity contribution in [1.29, 1.82) is 0 Å². The number of nitrogens with one attached hydrogen (secondary N) is 1. The van der Waals surface area contributed by atoms with Crippen LogP contribution in [0, 0.1) is 0 Å². The summed E-state index contributed by atoms with van der Waals surface area (Å²) in [4.78, 5) is 38.0. The molecule has 1 saturated heterocycles. The summed E-state index contributed by atoms with van der Waals surface area (Å²) in [6, 6.07) is 5.21. The molecule has 4 rings (SSSR count). The lowest BCUT2D eigenvalue weighted by molar-refractivity contribution is 0.0711. The summed E-state index contributed by atoms with van der Waals surface area (Å²) in [6.07, 6.45) is 7.60. The molecular weight excluding hydrogens is 380 g/mol. The maximum absolute atomic E-state index is 12.6. The van der Waals surface area contributed by atoms with E-state index in [-0.39, 0.29) is 22.4 Å². The number of carbonyl (C=O) groups is 1. The minimum Gasteiger partial charge on any atom is -0.339 e. The van der Waals surface area contributed by atoms with Gasteiger partial charge in [0.05, 0.1) is 23.7 Å². The molecule has 0 saturated carbocycles. The van der Waals surface area contributed by atoms with E-state index >= 15 is 0 Å². The Kier molecular flexibility index (Phi) is 5.12. The van der Waals surface area contributed by atoms with Crippen molar-refractivity contribution in [3.05, 3.63) is 69.6 Å². The first-order valence-corrected chi connectivity index (χ1v) is 9.27. The lowest BCUT2D eigenvalue weighted by Crippen LogP contribution is -2.38. The summed E-state index contributed by atoms with van der Waals surface area (Å²) < 4.78 is 0. The quantitative estimate of drug-likeness (QED) is 0.728. The van der Waals surface area contributed by atoms with Crippen LogP contribution in [-0.4, -0.2) is 49.0 Å². The summed E-state index contributed by atoms with van der Waals surface area (Å²) >= 11 is 6.27. The van der Waals surface area contributed by atoms with Gasteiger partial charge in [0.25, 0.3) is 11.5 Å². The van der Waals surface area contributed by atoms with Gasteiger partial charge in [0.2, 0.25) is 0 Å². The third-order valence-corrected chi connectivity index (χ3v) is 5.21. The van der Waals surface area contributed by atoms with Crippen LogP contribution in [0.3, 0.4) is 0 Å². The summed E-state index contributed by atoms with van der Waals surface area (Å²) in [6.45, 7) is 1.11. The van der Waals surface area contributed by atoms with Crippen LogP contribution in [0.15, 0.2) is 47.8 Å². The van der Waals surface area contributed by atoms with Crippen molar-refractivity contribution in [3.8, 4) is 11.4 Å². The largest absolute Gasteiger partial charge is 0.339 e. The van der Waals surface area contributed by atoms with Gasteiger partial charge in [0.1, 0.15) is 10.8 Å². The molecule has 0 aliphatic carbocycles. The number of hydrogen-bond donors (Lipinski definition) is 1. The number of aromatic amines is 1. The minimum absolute atomic E-state index is 0.00926. The first-order chi connectivity index (χ1) is 13.6. The molecule has 28 heavy (non-hydrogen) atoms. The predicted octanol–water partition coefficient (Wildman–Crippen LogP) is 2.30. The van der Waals surface area contributed by atoms with E-state index in [9.17, 15) is 9.59 Å². The normalized spacial score (nSPS) is 14.8. The van der Waals surface area contributed by atoms with Gasteiger partial charge < -0.3 is 9.88 Å². The second-order valence-corrected chi connectivity index (χ2v) is 6.93. The van der Waals surface area contributed by atoms with E-state index in [2.05, 4.69) is 25.1 Å². The monoisotopic (exact) mass is 396 g/mol. The lowest BCUT2D eigenvalue weighted by atomic mass is 9.92. The predicted molar refractivity (Wildman–Crippen MR) is 103 cm³/mol. The molecule has 8 nitrogen and oxygen atoms in total. The molecule has 1 N–H and O–H groups in total. The zero-order valence-electron chi connectivity index (χ0n) is 14.9. The molecule has 1 fully saturated rings. The summed E-state index contributed by atoms with van der Waals surface area (Å²) in [5.74, 6) is 0.402. The van der Waals surface area contributed by atoms with Crippen molar-refractivity contribution in [1.82, 2.24) is 30.0 Å². The summed E-state index contributed by atoms with van der Waals surface area (Å²) in [5, 5.41) is 7.56. The van der Waals surface area contributed by atoms with E-state index in [1.54, 1.807) is 35.5 Å². The topological polar surface area (TPSA) is 105 Å². The van der Waals surface area contributed by atoms with Crippen molar-refractivity contribution < 1.29 is 4.79 Å². The van der Waals surface area contributed by atoms with Crippen molar-refractivity contribution in [2.24, 2.45) is 0 Å². The number of halogens is 1. The molecule has 0 aromatic carbocycles. The Labute approximate surface area is 165 Å². The number of aromatic nitrogens is 5. The number of amides is 1. The molecule has 4 heterocycles. The second-order valence-electron chi connectivity index (χ2n) is 6.55. The Hall–Kier alpha value is -3.13. The molecule has 0 bridgehead atoms. The Bertz CT molecular complexity index is 1030. The van der Waals surface area contributed by atoms with Gasteiger partial charge in [-0.15, -0.1) is 0 Å². The van der Waals surface area contributed by atoms with E-state index < -0.39 is 0 Å². The number of nitrogens with zero attached hydrogens (tertiary/aromatic N) is 5. The molecule has 0 unspecified atom stereocenters. The average Bonchev–Trinajstić information content (AvgIpc) is 2.76. The Morgan fingerprint density at radius 2 is 1.86 bits per heavy atom. The van der Waals surface area contributed by atoms with E-state index in [0.717, 1.165) is 5.56 Å². The fourth-order valence-electron chi connectivity index (χ4n) is 3.35. The fourth-order valence-corrected chi connectivity index (χ4v) is 3.59. The first kappa shape index (κ1) is 18.2. The van der Waals surface area contributed by atoms with Crippen LogP contribution < -0.4 is 5.56 Å². The van der Waals surface area contributed by atoms with Crippen LogP contribution in [0.1, 0.15) is 34.8 Å². The van der Waals surface area contributed by atoms with Gasteiger partial charge in [-0.2, -0.15) is 10.2 Å². The standard InChI is InChI=1S/C19H17ClN6O2/c20-15-16(24-17(25-18(15)27)13-1-6-21-7-2-13)12-4-9-26(10-5-12)19(28)14-3-8-22-23-11-14/h1-3,6-8,11-12H,4-5,9-10H2,(H,24,25,27). The molecule has 0 radical (unpaired) electrons. The molecular formula is C19H17ClN6O2. The summed E-state index contributed by atoms with van der Waals surface area (Å²) in [5.41, 5.74) is 1.50. The van der Waals surface area contributed by atoms with Crippen molar-refractivity contribution in [2.75, 3.05) is 13.1 Å². The first-order valence-electron chi connectivity index (χ1n) is 8.89. The number of H-pyrrole nitrogens is 1. The minimum atomic E-state index is -0.361. The number of likely N-dealkylation sites (tertiary alicyclic amines) is 1. The third-order valence-electron chi connectivity index (χ3n) is 4.84. The summed E-state index contributed by atoms with van der Waals surface area (Å²) in [7, 11) is 0.